The highest BCUT2D eigenvalue weighted by Crippen LogP contribution is 2.29. The van der Waals surface area contributed by atoms with E-state index >= 15 is 0 Å². The predicted molar refractivity (Wildman–Crippen MR) is 101 cm³/mol. The van der Waals surface area contributed by atoms with E-state index in [0.29, 0.717) is 5.76 Å². The summed E-state index contributed by atoms with van der Waals surface area (Å²) in [6, 6.07) is 10.4. The molecule has 0 aliphatic carbocycles. The van der Waals surface area contributed by atoms with Crippen molar-refractivity contribution < 1.29 is 23.3 Å². The monoisotopic (exact) mass is 424 g/mol. The summed E-state index contributed by atoms with van der Waals surface area (Å²) in [5.41, 5.74) is -0.367. The molecule has 7 nitrogen and oxygen atoms in total. The van der Waals surface area contributed by atoms with Crippen molar-refractivity contribution in [1.29, 1.82) is 0 Å². The fourth-order valence-corrected chi connectivity index (χ4v) is 2.65. The number of hydrogen-bond donors (Lipinski definition) is 1. The van der Waals surface area contributed by atoms with Crippen LogP contribution in [0.2, 0.25) is 10.0 Å². The number of furan rings is 1. The Morgan fingerprint density at radius 2 is 1.96 bits per heavy atom. The van der Waals surface area contributed by atoms with E-state index in [-0.39, 0.29) is 39.5 Å². The van der Waals surface area contributed by atoms with Crippen LogP contribution in [0.15, 0.2) is 52.9 Å². The molecule has 28 heavy (non-hydrogen) atoms. The summed E-state index contributed by atoms with van der Waals surface area (Å²) in [6.07, 6.45) is 0. The van der Waals surface area contributed by atoms with Crippen molar-refractivity contribution in [3.63, 3.8) is 0 Å². The number of nitrogens with zero attached hydrogens (tertiary/aromatic N) is 1. The van der Waals surface area contributed by atoms with Crippen molar-refractivity contribution in [2.24, 2.45) is 0 Å². The van der Waals surface area contributed by atoms with Gasteiger partial charge in [0.05, 0.1) is 9.95 Å². The first kappa shape index (κ1) is 19.7. The average Bonchev–Trinajstić information content (AvgIpc) is 3.11. The highest BCUT2D eigenvalue weighted by molar-refractivity contribution is 6.32. The second-order valence-electron chi connectivity index (χ2n) is 5.50. The molecule has 1 aromatic heterocycles. The molecule has 10 heteroatoms. The minimum atomic E-state index is -0.684. The summed E-state index contributed by atoms with van der Waals surface area (Å²) in [5.74, 6) is -0.700. The predicted octanol–water partition coefficient (Wildman–Crippen LogP) is 5.47. The fraction of sp³-hybridized carbons (Fsp3) is 0.0556. The van der Waals surface area contributed by atoms with E-state index in [1.54, 1.807) is 0 Å². The minimum absolute atomic E-state index is 0.0216. The minimum Gasteiger partial charge on any atom is -0.484 e. The van der Waals surface area contributed by atoms with Gasteiger partial charge in [-0.25, -0.2) is 4.39 Å². The SMILES string of the molecule is O=C(Nc1ccc(Cl)cc1[N+](=O)[O-])c1ccc(COc2ccc(F)cc2Cl)o1. The smallest absolute Gasteiger partial charge is 0.294 e. The Balaban J connectivity index is 1.68. The van der Waals surface area contributed by atoms with Gasteiger partial charge < -0.3 is 14.5 Å². The van der Waals surface area contributed by atoms with Gasteiger partial charge >= 0.3 is 0 Å². The number of hydrogen-bond acceptors (Lipinski definition) is 5. The van der Waals surface area contributed by atoms with Gasteiger partial charge in [0.15, 0.2) is 5.76 Å². The normalized spacial score (nSPS) is 10.5. The molecule has 3 rings (SSSR count). The molecule has 3 aromatic rings. The average molecular weight is 425 g/mol. The zero-order chi connectivity index (χ0) is 20.3. The first-order valence-corrected chi connectivity index (χ1v) is 8.51. The number of benzene rings is 2. The molecular formula is C18H11Cl2FN2O5. The Bertz CT molecular complexity index is 1050. The van der Waals surface area contributed by atoms with Crippen LogP contribution in [0.4, 0.5) is 15.8 Å². The molecule has 1 heterocycles. The summed E-state index contributed by atoms with van der Waals surface area (Å²) in [5, 5.41) is 13.8. The van der Waals surface area contributed by atoms with Crippen LogP contribution in [-0.4, -0.2) is 10.8 Å². The van der Waals surface area contributed by atoms with Crippen LogP contribution >= 0.6 is 23.2 Å². The second kappa shape index (κ2) is 8.28. The molecule has 0 radical (unpaired) electrons. The zero-order valence-corrected chi connectivity index (χ0v) is 15.5. The zero-order valence-electron chi connectivity index (χ0n) is 13.9. The van der Waals surface area contributed by atoms with Gasteiger partial charge in [0.25, 0.3) is 11.6 Å². The number of anilines is 1. The largest absolute Gasteiger partial charge is 0.484 e. The molecule has 0 aliphatic heterocycles. The lowest BCUT2D eigenvalue weighted by Gasteiger charge is -2.06. The number of ether oxygens (including phenoxy) is 1. The maximum absolute atomic E-state index is 13.0. The van der Waals surface area contributed by atoms with Crippen LogP contribution < -0.4 is 10.1 Å². The van der Waals surface area contributed by atoms with Crippen molar-refractivity contribution >= 4 is 40.5 Å². The van der Waals surface area contributed by atoms with Gasteiger partial charge in [-0.15, -0.1) is 0 Å². The van der Waals surface area contributed by atoms with Crippen molar-refractivity contribution in [3.05, 3.63) is 86.0 Å². The van der Waals surface area contributed by atoms with Crippen molar-refractivity contribution in [3.8, 4) is 5.75 Å². The molecule has 1 amide bonds. The van der Waals surface area contributed by atoms with E-state index in [0.717, 1.165) is 12.1 Å². The molecule has 0 bridgehead atoms. The Morgan fingerprint density at radius 1 is 1.18 bits per heavy atom. The third kappa shape index (κ3) is 4.59. The molecule has 144 valence electrons. The molecule has 0 saturated carbocycles. The third-order valence-corrected chi connectivity index (χ3v) is 4.08. The number of nitro benzene ring substituents is 1. The number of amides is 1. The summed E-state index contributed by atoms with van der Waals surface area (Å²) in [7, 11) is 0. The van der Waals surface area contributed by atoms with E-state index in [4.69, 9.17) is 32.4 Å². The van der Waals surface area contributed by atoms with Gasteiger partial charge in [0, 0.05) is 11.1 Å². The molecule has 0 aliphatic rings. The number of carbonyl (C=O) groups excluding carboxylic acids is 1. The van der Waals surface area contributed by atoms with Crippen molar-refractivity contribution in [2.45, 2.75) is 6.61 Å². The molecule has 0 spiro atoms. The Labute approximate surface area is 167 Å². The maximum atomic E-state index is 13.0. The van der Waals surface area contributed by atoms with E-state index < -0.39 is 16.6 Å². The first-order chi connectivity index (χ1) is 13.3. The molecule has 1 N–H and O–H groups in total. The van der Waals surface area contributed by atoms with Crippen LogP contribution in [0.3, 0.4) is 0 Å². The van der Waals surface area contributed by atoms with Crippen LogP contribution in [0.5, 0.6) is 5.75 Å². The highest BCUT2D eigenvalue weighted by Gasteiger charge is 2.19. The van der Waals surface area contributed by atoms with Crippen LogP contribution in [0, 0.1) is 15.9 Å². The van der Waals surface area contributed by atoms with Gasteiger partial charge in [0.2, 0.25) is 0 Å². The topological polar surface area (TPSA) is 94.6 Å². The Morgan fingerprint density at radius 3 is 2.68 bits per heavy atom. The lowest BCUT2D eigenvalue weighted by Crippen LogP contribution is -2.12. The number of carbonyl (C=O) groups is 1. The van der Waals surface area contributed by atoms with Crippen LogP contribution in [0.1, 0.15) is 16.3 Å². The summed E-state index contributed by atoms with van der Waals surface area (Å²) in [6.45, 7) is -0.0558. The van der Waals surface area contributed by atoms with E-state index in [2.05, 4.69) is 5.32 Å². The van der Waals surface area contributed by atoms with E-state index in [1.807, 2.05) is 0 Å². The van der Waals surface area contributed by atoms with E-state index in [9.17, 15) is 19.3 Å². The summed E-state index contributed by atoms with van der Waals surface area (Å²) in [4.78, 5) is 22.7. The van der Waals surface area contributed by atoms with Gasteiger partial charge in [-0.2, -0.15) is 0 Å². The van der Waals surface area contributed by atoms with E-state index in [1.165, 1.54) is 36.4 Å². The standard InChI is InChI=1S/C18H11Cl2FN2O5/c19-10-1-4-14(15(7-10)23(25)26)22-18(24)17-6-3-12(28-17)9-27-16-5-2-11(21)8-13(16)20/h1-8H,9H2,(H,22,24). The molecule has 0 fully saturated rings. The molecule has 0 atom stereocenters. The van der Waals surface area contributed by atoms with Crippen molar-refractivity contribution in [1.82, 2.24) is 0 Å². The Hall–Kier alpha value is -3.10. The second-order valence-corrected chi connectivity index (χ2v) is 6.35. The maximum Gasteiger partial charge on any atom is 0.294 e. The summed E-state index contributed by atoms with van der Waals surface area (Å²) < 4.78 is 23.8. The van der Waals surface area contributed by atoms with Crippen LogP contribution in [0.25, 0.3) is 0 Å². The number of nitrogens with one attached hydrogen (secondary N) is 1. The van der Waals surface area contributed by atoms with Gasteiger partial charge in [-0.3, -0.25) is 14.9 Å². The molecule has 2 aromatic carbocycles. The Kier molecular flexibility index (Phi) is 5.81. The number of halogens is 3. The quantitative estimate of drug-likeness (QED) is 0.418. The summed E-state index contributed by atoms with van der Waals surface area (Å²) >= 11 is 11.6. The number of nitro groups is 1. The highest BCUT2D eigenvalue weighted by atomic mass is 35.5. The van der Waals surface area contributed by atoms with Gasteiger partial charge in [-0.05, 0) is 42.5 Å². The molecule has 0 unspecified atom stereocenters. The molecule has 0 saturated heterocycles. The third-order valence-electron chi connectivity index (χ3n) is 3.55. The first-order valence-electron chi connectivity index (χ1n) is 7.75. The van der Waals surface area contributed by atoms with Gasteiger partial charge in [-0.1, -0.05) is 23.2 Å². The lowest BCUT2D eigenvalue weighted by atomic mass is 10.2. The molecular weight excluding hydrogens is 414 g/mol. The van der Waals surface area contributed by atoms with Gasteiger partial charge in [0.1, 0.15) is 29.6 Å². The fourth-order valence-electron chi connectivity index (χ4n) is 2.26. The number of rotatable bonds is 6. The lowest BCUT2D eigenvalue weighted by molar-refractivity contribution is -0.383. The van der Waals surface area contributed by atoms with Crippen molar-refractivity contribution in [2.75, 3.05) is 5.32 Å². The van der Waals surface area contributed by atoms with Crippen LogP contribution in [-0.2, 0) is 6.61 Å².